The van der Waals surface area contributed by atoms with Crippen molar-refractivity contribution in [1.29, 1.82) is 0 Å². The molecule has 1 aromatic heterocycles. The minimum absolute atomic E-state index is 0.243. The Hall–Kier alpha value is -4.06. The van der Waals surface area contributed by atoms with Crippen molar-refractivity contribution < 1.29 is 18.7 Å². The molecular weight excluding hydrogens is 392 g/mol. The standard InChI is InChI=1S/C25H20N2O4/c1-16-8-9-21(14-17(16)2)22(28)15-30-25(29)20-12-10-19(11-13-20)24-27-26-23(31-24)18-6-4-3-5-7-18/h3-14H,15H2,1-2H3. The van der Waals surface area contributed by atoms with Gasteiger partial charge >= 0.3 is 5.97 Å². The van der Waals surface area contributed by atoms with E-state index < -0.39 is 5.97 Å². The fourth-order valence-corrected chi connectivity index (χ4v) is 3.00. The third-order valence-electron chi connectivity index (χ3n) is 4.98. The maximum Gasteiger partial charge on any atom is 0.338 e. The first kappa shape index (κ1) is 20.2. The number of carbonyl (C=O) groups excluding carboxylic acids is 2. The normalized spacial score (nSPS) is 10.6. The summed E-state index contributed by atoms with van der Waals surface area (Å²) in [4.78, 5) is 24.6. The molecular formula is C25H20N2O4. The van der Waals surface area contributed by atoms with Crippen LogP contribution in [0.2, 0.25) is 0 Å². The molecule has 3 aromatic carbocycles. The maximum atomic E-state index is 12.3. The lowest BCUT2D eigenvalue weighted by molar-refractivity contribution is 0.0475. The molecule has 0 spiro atoms. The van der Waals surface area contributed by atoms with E-state index in [2.05, 4.69) is 10.2 Å². The molecule has 0 amide bonds. The lowest BCUT2D eigenvalue weighted by atomic mass is 10.0. The van der Waals surface area contributed by atoms with E-state index in [-0.39, 0.29) is 12.4 Å². The van der Waals surface area contributed by atoms with Crippen molar-refractivity contribution in [3.63, 3.8) is 0 Å². The summed E-state index contributed by atoms with van der Waals surface area (Å²) in [6.07, 6.45) is 0. The second-order valence-electron chi connectivity index (χ2n) is 7.15. The third-order valence-corrected chi connectivity index (χ3v) is 4.98. The molecule has 4 rings (SSSR count). The van der Waals surface area contributed by atoms with Gasteiger partial charge in [-0.2, -0.15) is 0 Å². The van der Waals surface area contributed by atoms with Gasteiger partial charge in [0.25, 0.3) is 0 Å². The van der Waals surface area contributed by atoms with Crippen LogP contribution in [0.25, 0.3) is 22.9 Å². The van der Waals surface area contributed by atoms with Gasteiger partial charge in [0, 0.05) is 16.7 Å². The molecule has 0 bridgehead atoms. The topological polar surface area (TPSA) is 82.3 Å². The number of rotatable bonds is 6. The first-order valence-corrected chi connectivity index (χ1v) is 9.78. The van der Waals surface area contributed by atoms with Gasteiger partial charge in [0.1, 0.15) is 0 Å². The summed E-state index contributed by atoms with van der Waals surface area (Å²) in [7, 11) is 0. The van der Waals surface area contributed by atoms with E-state index >= 15 is 0 Å². The Bertz CT molecular complexity index is 1230. The van der Waals surface area contributed by atoms with Gasteiger partial charge in [-0.3, -0.25) is 4.79 Å². The molecule has 0 aliphatic heterocycles. The number of ether oxygens (including phenoxy) is 1. The molecule has 31 heavy (non-hydrogen) atoms. The van der Waals surface area contributed by atoms with Crippen molar-refractivity contribution >= 4 is 11.8 Å². The zero-order valence-electron chi connectivity index (χ0n) is 17.2. The van der Waals surface area contributed by atoms with Crippen LogP contribution in [0.3, 0.4) is 0 Å². The third kappa shape index (κ3) is 4.59. The fraction of sp³-hybridized carbons (Fsp3) is 0.120. The fourth-order valence-electron chi connectivity index (χ4n) is 3.00. The molecule has 0 atom stereocenters. The van der Waals surface area contributed by atoms with Gasteiger partial charge in [0.05, 0.1) is 5.56 Å². The summed E-state index contributed by atoms with van der Waals surface area (Å²) in [5.41, 5.74) is 4.48. The van der Waals surface area contributed by atoms with Crippen LogP contribution in [0.4, 0.5) is 0 Å². The molecule has 0 saturated carbocycles. The highest BCUT2D eigenvalue weighted by Gasteiger charge is 2.14. The van der Waals surface area contributed by atoms with Crippen molar-refractivity contribution in [2.45, 2.75) is 13.8 Å². The average Bonchev–Trinajstić information content (AvgIpc) is 3.30. The number of hydrogen-bond acceptors (Lipinski definition) is 6. The lowest BCUT2D eigenvalue weighted by Gasteiger charge is -2.06. The molecule has 0 saturated heterocycles. The summed E-state index contributed by atoms with van der Waals surface area (Å²) in [5, 5.41) is 8.13. The molecule has 0 radical (unpaired) electrons. The van der Waals surface area contributed by atoms with Crippen molar-refractivity contribution in [3.8, 4) is 22.9 Å². The largest absolute Gasteiger partial charge is 0.454 e. The molecule has 6 nitrogen and oxygen atoms in total. The SMILES string of the molecule is Cc1ccc(C(=O)COC(=O)c2ccc(-c3nnc(-c4ccccc4)o3)cc2)cc1C. The number of hydrogen-bond donors (Lipinski definition) is 0. The summed E-state index contributed by atoms with van der Waals surface area (Å²) < 4.78 is 10.9. The van der Waals surface area contributed by atoms with E-state index in [1.165, 1.54) is 0 Å². The molecule has 6 heteroatoms. The Balaban J connectivity index is 1.40. The number of nitrogens with zero attached hydrogens (tertiary/aromatic N) is 2. The predicted molar refractivity (Wildman–Crippen MR) is 116 cm³/mol. The molecule has 0 fully saturated rings. The molecule has 4 aromatic rings. The smallest absolute Gasteiger partial charge is 0.338 e. The molecule has 154 valence electrons. The van der Waals surface area contributed by atoms with Gasteiger partial charge < -0.3 is 9.15 Å². The number of aromatic nitrogens is 2. The quantitative estimate of drug-likeness (QED) is 0.325. The van der Waals surface area contributed by atoms with E-state index in [0.717, 1.165) is 16.7 Å². The first-order chi connectivity index (χ1) is 15.0. The van der Waals surface area contributed by atoms with Gasteiger partial charge in [-0.1, -0.05) is 30.3 Å². The van der Waals surface area contributed by atoms with Gasteiger partial charge in [0.15, 0.2) is 12.4 Å². The summed E-state index contributed by atoms with van der Waals surface area (Å²) in [5.74, 6) is -0.0424. The summed E-state index contributed by atoms with van der Waals surface area (Å²) in [6.45, 7) is 3.60. The molecule has 1 heterocycles. The number of benzene rings is 3. The van der Waals surface area contributed by atoms with Crippen LogP contribution in [0, 0.1) is 13.8 Å². The molecule has 0 N–H and O–H groups in total. The Kier molecular flexibility index (Phi) is 5.71. The molecule has 0 aliphatic rings. The monoisotopic (exact) mass is 412 g/mol. The van der Waals surface area contributed by atoms with E-state index in [0.29, 0.717) is 28.5 Å². The Morgan fingerprint density at radius 2 is 1.39 bits per heavy atom. The average molecular weight is 412 g/mol. The van der Waals surface area contributed by atoms with Crippen molar-refractivity contribution in [2.75, 3.05) is 6.61 Å². The van der Waals surface area contributed by atoms with E-state index in [1.807, 2.05) is 50.2 Å². The number of esters is 1. The Labute approximate surface area is 179 Å². The second kappa shape index (κ2) is 8.75. The molecule has 0 unspecified atom stereocenters. The highest BCUT2D eigenvalue weighted by Crippen LogP contribution is 2.24. The van der Waals surface area contributed by atoms with Crippen LogP contribution in [0.15, 0.2) is 77.2 Å². The summed E-state index contributed by atoms with van der Waals surface area (Å²) in [6, 6.07) is 21.5. The van der Waals surface area contributed by atoms with E-state index in [4.69, 9.17) is 9.15 Å². The Morgan fingerprint density at radius 3 is 2.03 bits per heavy atom. The van der Waals surface area contributed by atoms with Crippen molar-refractivity contribution in [3.05, 3.63) is 95.1 Å². The van der Waals surface area contributed by atoms with Crippen molar-refractivity contribution in [1.82, 2.24) is 10.2 Å². The highest BCUT2D eigenvalue weighted by molar-refractivity contribution is 5.99. The first-order valence-electron chi connectivity index (χ1n) is 9.78. The van der Waals surface area contributed by atoms with Crippen LogP contribution in [-0.4, -0.2) is 28.6 Å². The minimum Gasteiger partial charge on any atom is -0.454 e. The Morgan fingerprint density at radius 1 is 0.774 bits per heavy atom. The lowest BCUT2D eigenvalue weighted by Crippen LogP contribution is -2.14. The van der Waals surface area contributed by atoms with Crippen LogP contribution < -0.4 is 0 Å². The van der Waals surface area contributed by atoms with Gasteiger partial charge in [-0.15, -0.1) is 10.2 Å². The number of Topliss-reactive ketones (excluding diaryl/α,β-unsaturated/α-hetero) is 1. The van der Waals surface area contributed by atoms with E-state index in [9.17, 15) is 9.59 Å². The maximum absolute atomic E-state index is 12.3. The number of ketones is 1. The summed E-state index contributed by atoms with van der Waals surface area (Å²) >= 11 is 0. The van der Waals surface area contributed by atoms with Crippen LogP contribution in [-0.2, 0) is 4.74 Å². The van der Waals surface area contributed by atoms with Crippen LogP contribution in [0.5, 0.6) is 0 Å². The van der Waals surface area contributed by atoms with Gasteiger partial charge in [-0.05, 0) is 67.4 Å². The minimum atomic E-state index is -0.570. The number of aryl methyl sites for hydroxylation is 2. The highest BCUT2D eigenvalue weighted by atomic mass is 16.5. The van der Waals surface area contributed by atoms with E-state index in [1.54, 1.807) is 36.4 Å². The molecule has 0 aliphatic carbocycles. The van der Waals surface area contributed by atoms with Crippen molar-refractivity contribution in [2.24, 2.45) is 0 Å². The zero-order chi connectivity index (χ0) is 21.8. The van der Waals surface area contributed by atoms with Crippen LogP contribution in [0.1, 0.15) is 31.8 Å². The van der Waals surface area contributed by atoms with Gasteiger partial charge in [-0.25, -0.2) is 4.79 Å². The zero-order valence-corrected chi connectivity index (χ0v) is 17.2. The van der Waals surface area contributed by atoms with Crippen LogP contribution >= 0.6 is 0 Å². The predicted octanol–water partition coefficient (Wildman–Crippen LogP) is 5.06. The number of carbonyl (C=O) groups is 2. The van der Waals surface area contributed by atoms with Gasteiger partial charge in [0.2, 0.25) is 11.8 Å². The second-order valence-corrected chi connectivity index (χ2v) is 7.15.